The summed E-state index contributed by atoms with van der Waals surface area (Å²) in [7, 11) is 0. The monoisotopic (exact) mass is 383 g/mol. The van der Waals surface area contributed by atoms with Gasteiger partial charge < -0.3 is 10.2 Å². The summed E-state index contributed by atoms with van der Waals surface area (Å²) in [6, 6.07) is 9.56. The molecule has 1 aromatic heterocycles. The highest BCUT2D eigenvalue weighted by molar-refractivity contribution is 7.98. The van der Waals surface area contributed by atoms with Crippen molar-refractivity contribution < 1.29 is 4.79 Å². The number of anilines is 1. The lowest BCUT2D eigenvalue weighted by molar-refractivity contribution is 0.0926. The summed E-state index contributed by atoms with van der Waals surface area (Å²) < 4.78 is 0. The molecule has 2 aliphatic rings. The van der Waals surface area contributed by atoms with Crippen molar-refractivity contribution in [2.45, 2.75) is 18.1 Å². The summed E-state index contributed by atoms with van der Waals surface area (Å²) in [4.78, 5) is 26.6. The zero-order valence-corrected chi connectivity index (χ0v) is 16.5. The first-order valence-electron chi connectivity index (χ1n) is 9.44. The fraction of sp³-hybridized carbons (Fsp3) is 0.450. The zero-order valence-electron chi connectivity index (χ0n) is 15.6. The molecule has 0 unspecified atom stereocenters. The highest BCUT2D eigenvalue weighted by Crippen LogP contribution is 2.27. The van der Waals surface area contributed by atoms with E-state index in [0.717, 1.165) is 67.9 Å². The van der Waals surface area contributed by atoms with Crippen LogP contribution in [0.1, 0.15) is 21.6 Å². The lowest BCUT2D eigenvalue weighted by Crippen LogP contribution is -2.48. The average Bonchev–Trinajstić information content (AvgIpc) is 2.74. The molecule has 0 bridgehead atoms. The van der Waals surface area contributed by atoms with Crippen molar-refractivity contribution in [3.63, 3.8) is 0 Å². The Hall–Kier alpha value is -1.96. The van der Waals surface area contributed by atoms with Crippen LogP contribution < -0.4 is 10.2 Å². The third kappa shape index (κ3) is 4.15. The molecule has 27 heavy (non-hydrogen) atoms. The van der Waals surface area contributed by atoms with Crippen LogP contribution in [0.3, 0.4) is 0 Å². The van der Waals surface area contributed by atoms with Crippen molar-refractivity contribution in [1.29, 1.82) is 0 Å². The second kappa shape index (κ2) is 8.37. The number of piperazine rings is 1. The SMILES string of the molecule is CSc1nc2c(c(N3CCN(CC(=O)c4ccccc4)CC3)n1)CCNC2. The summed E-state index contributed by atoms with van der Waals surface area (Å²) in [5.41, 5.74) is 3.22. The Morgan fingerprint density at radius 3 is 2.67 bits per heavy atom. The maximum absolute atomic E-state index is 12.5. The highest BCUT2D eigenvalue weighted by Gasteiger charge is 2.25. The van der Waals surface area contributed by atoms with Crippen molar-refractivity contribution in [3.05, 3.63) is 47.2 Å². The Balaban J connectivity index is 1.43. The maximum atomic E-state index is 12.5. The fourth-order valence-electron chi connectivity index (χ4n) is 3.71. The molecule has 0 atom stereocenters. The van der Waals surface area contributed by atoms with Gasteiger partial charge in [0.25, 0.3) is 0 Å². The maximum Gasteiger partial charge on any atom is 0.189 e. The number of ketones is 1. The second-order valence-electron chi connectivity index (χ2n) is 6.94. The van der Waals surface area contributed by atoms with Crippen LogP contribution >= 0.6 is 11.8 Å². The number of Topliss-reactive ketones (excluding diaryl/α,β-unsaturated/α-hetero) is 1. The Bertz CT molecular complexity index is 806. The van der Waals surface area contributed by atoms with Crippen LogP contribution in [0, 0.1) is 0 Å². The fourth-order valence-corrected chi connectivity index (χ4v) is 4.09. The number of carbonyl (C=O) groups excluding carboxylic acids is 1. The Morgan fingerprint density at radius 2 is 1.93 bits per heavy atom. The molecule has 7 heteroatoms. The van der Waals surface area contributed by atoms with Gasteiger partial charge in [0, 0.05) is 43.9 Å². The van der Waals surface area contributed by atoms with Crippen LogP contribution in [-0.2, 0) is 13.0 Å². The van der Waals surface area contributed by atoms with Crippen molar-refractivity contribution in [1.82, 2.24) is 20.2 Å². The Labute approximate surface area is 164 Å². The van der Waals surface area contributed by atoms with E-state index >= 15 is 0 Å². The van der Waals surface area contributed by atoms with Gasteiger partial charge in [-0.15, -0.1) is 0 Å². The van der Waals surface area contributed by atoms with Gasteiger partial charge >= 0.3 is 0 Å². The molecule has 2 aromatic rings. The molecule has 142 valence electrons. The van der Waals surface area contributed by atoms with Crippen LogP contribution in [0.15, 0.2) is 35.5 Å². The minimum Gasteiger partial charge on any atom is -0.354 e. The van der Waals surface area contributed by atoms with Gasteiger partial charge in [-0.2, -0.15) is 0 Å². The number of carbonyl (C=O) groups is 1. The first-order chi connectivity index (χ1) is 13.2. The Kier molecular flexibility index (Phi) is 5.71. The number of rotatable bonds is 5. The summed E-state index contributed by atoms with van der Waals surface area (Å²) in [6.45, 7) is 5.84. The van der Waals surface area contributed by atoms with Gasteiger partial charge in [0.1, 0.15) is 5.82 Å². The standard InChI is InChI=1S/C20H25N5OS/c1-27-20-22-17-13-21-8-7-16(17)19(23-20)25-11-9-24(10-12-25)14-18(26)15-5-3-2-4-6-15/h2-6,21H,7-14H2,1H3. The summed E-state index contributed by atoms with van der Waals surface area (Å²) in [5, 5.41) is 4.24. The van der Waals surface area contributed by atoms with Gasteiger partial charge in [0.05, 0.1) is 12.2 Å². The van der Waals surface area contributed by atoms with E-state index in [9.17, 15) is 4.79 Å². The molecule has 4 rings (SSSR count). The van der Waals surface area contributed by atoms with E-state index in [1.807, 2.05) is 36.6 Å². The summed E-state index contributed by atoms with van der Waals surface area (Å²) >= 11 is 1.59. The lowest BCUT2D eigenvalue weighted by Gasteiger charge is -2.36. The van der Waals surface area contributed by atoms with E-state index in [2.05, 4.69) is 20.1 Å². The van der Waals surface area contributed by atoms with Gasteiger partial charge in [-0.3, -0.25) is 9.69 Å². The third-order valence-electron chi connectivity index (χ3n) is 5.21. The predicted octanol–water partition coefficient (Wildman–Crippen LogP) is 1.85. The number of nitrogens with zero attached hydrogens (tertiary/aromatic N) is 4. The van der Waals surface area contributed by atoms with E-state index in [1.165, 1.54) is 5.56 Å². The first-order valence-corrected chi connectivity index (χ1v) is 10.7. The molecule has 0 amide bonds. The smallest absolute Gasteiger partial charge is 0.189 e. The third-order valence-corrected chi connectivity index (χ3v) is 5.76. The minimum atomic E-state index is 0.194. The Morgan fingerprint density at radius 1 is 1.15 bits per heavy atom. The number of fused-ring (bicyclic) bond motifs is 1. The molecule has 1 fully saturated rings. The molecule has 1 aromatic carbocycles. The van der Waals surface area contributed by atoms with Crippen molar-refractivity contribution in [2.75, 3.05) is 50.4 Å². The van der Waals surface area contributed by atoms with Crippen LogP contribution in [0.25, 0.3) is 0 Å². The molecule has 0 aliphatic carbocycles. The van der Waals surface area contributed by atoms with E-state index < -0.39 is 0 Å². The number of hydrogen-bond donors (Lipinski definition) is 1. The van der Waals surface area contributed by atoms with Crippen LogP contribution in [0.2, 0.25) is 0 Å². The van der Waals surface area contributed by atoms with E-state index in [-0.39, 0.29) is 5.78 Å². The molecule has 2 aliphatic heterocycles. The average molecular weight is 384 g/mol. The first kappa shape index (κ1) is 18.4. The number of nitrogens with one attached hydrogen (secondary N) is 1. The van der Waals surface area contributed by atoms with Gasteiger partial charge in [0.2, 0.25) is 0 Å². The number of benzene rings is 1. The second-order valence-corrected chi connectivity index (χ2v) is 7.71. The molecule has 1 N–H and O–H groups in total. The zero-order chi connectivity index (χ0) is 18.6. The minimum absolute atomic E-state index is 0.194. The van der Waals surface area contributed by atoms with Gasteiger partial charge in [-0.1, -0.05) is 42.1 Å². The van der Waals surface area contributed by atoms with Gasteiger partial charge in [-0.05, 0) is 19.2 Å². The summed E-state index contributed by atoms with van der Waals surface area (Å²) in [6.07, 6.45) is 3.00. The van der Waals surface area contributed by atoms with Crippen molar-refractivity contribution in [3.8, 4) is 0 Å². The molecule has 1 saturated heterocycles. The summed E-state index contributed by atoms with van der Waals surface area (Å²) in [5.74, 6) is 1.29. The molecule has 0 saturated carbocycles. The lowest BCUT2D eigenvalue weighted by atomic mass is 10.1. The van der Waals surface area contributed by atoms with Gasteiger partial charge in [-0.25, -0.2) is 9.97 Å². The molecule has 0 radical (unpaired) electrons. The van der Waals surface area contributed by atoms with Crippen LogP contribution in [-0.4, -0.2) is 66.2 Å². The molecule has 6 nitrogen and oxygen atoms in total. The largest absolute Gasteiger partial charge is 0.354 e. The number of hydrogen-bond acceptors (Lipinski definition) is 7. The van der Waals surface area contributed by atoms with Crippen molar-refractivity contribution in [2.24, 2.45) is 0 Å². The van der Waals surface area contributed by atoms with E-state index in [4.69, 9.17) is 4.98 Å². The number of aromatic nitrogens is 2. The molecular weight excluding hydrogens is 358 g/mol. The topological polar surface area (TPSA) is 61.4 Å². The quantitative estimate of drug-likeness (QED) is 0.480. The predicted molar refractivity (Wildman–Crippen MR) is 109 cm³/mol. The molecule has 0 spiro atoms. The van der Waals surface area contributed by atoms with Crippen LogP contribution in [0.4, 0.5) is 5.82 Å². The van der Waals surface area contributed by atoms with E-state index in [1.54, 1.807) is 11.8 Å². The van der Waals surface area contributed by atoms with Crippen molar-refractivity contribution >= 4 is 23.4 Å². The van der Waals surface area contributed by atoms with E-state index in [0.29, 0.717) is 6.54 Å². The number of thioether (sulfide) groups is 1. The highest BCUT2D eigenvalue weighted by atomic mass is 32.2. The normalized spacial score (nSPS) is 17.6. The van der Waals surface area contributed by atoms with Gasteiger partial charge in [0.15, 0.2) is 10.9 Å². The molecule has 3 heterocycles. The molecular formula is C20H25N5OS. The van der Waals surface area contributed by atoms with Crippen LogP contribution in [0.5, 0.6) is 0 Å².